The fourth-order valence-corrected chi connectivity index (χ4v) is 5.07. The van der Waals surface area contributed by atoms with Crippen LogP contribution in [-0.2, 0) is 0 Å². The zero-order valence-electron chi connectivity index (χ0n) is 10.9. The van der Waals surface area contributed by atoms with Crippen molar-refractivity contribution in [2.24, 2.45) is 23.6 Å². The molecule has 2 bridgehead atoms. The van der Waals surface area contributed by atoms with E-state index in [4.69, 9.17) is 5.84 Å². The van der Waals surface area contributed by atoms with Gasteiger partial charge in [-0.3, -0.25) is 11.3 Å². The van der Waals surface area contributed by atoms with E-state index < -0.39 is 0 Å². The summed E-state index contributed by atoms with van der Waals surface area (Å²) in [6, 6.07) is 6.76. The van der Waals surface area contributed by atoms with E-state index in [0.717, 1.165) is 17.8 Å². The van der Waals surface area contributed by atoms with Crippen LogP contribution in [0.25, 0.3) is 0 Å². The minimum Gasteiger partial charge on any atom is -0.271 e. The Morgan fingerprint density at radius 3 is 2.84 bits per heavy atom. The number of benzene rings is 1. The standard InChI is InChI=1S/C15H20BrIN2/c16-14-4-3-12(17)8-13(14)15(19-18)7-11-6-9-1-2-10(11)5-9/h3-4,8-11,15,19H,1-2,5-7,18H2. The lowest BCUT2D eigenvalue weighted by Gasteiger charge is -2.27. The molecule has 1 aromatic carbocycles. The first-order valence-electron chi connectivity index (χ1n) is 7.08. The maximum atomic E-state index is 5.83. The van der Waals surface area contributed by atoms with Crippen molar-refractivity contribution >= 4 is 38.5 Å². The SMILES string of the molecule is NNC(CC1CC2CCC1C2)c1cc(I)ccc1Br. The van der Waals surface area contributed by atoms with Gasteiger partial charge in [0, 0.05) is 14.1 Å². The zero-order chi connectivity index (χ0) is 13.4. The van der Waals surface area contributed by atoms with Crippen molar-refractivity contribution in [2.75, 3.05) is 0 Å². The van der Waals surface area contributed by atoms with Gasteiger partial charge in [-0.25, -0.2) is 0 Å². The molecule has 2 fully saturated rings. The summed E-state index contributed by atoms with van der Waals surface area (Å²) in [6.07, 6.45) is 6.98. The second-order valence-corrected chi connectivity index (χ2v) is 8.16. The summed E-state index contributed by atoms with van der Waals surface area (Å²) in [5, 5.41) is 0. The van der Waals surface area contributed by atoms with Gasteiger partial charge in [0.05, 0.1) is 0 Å². The van der Waals surface area contributed by atoms with Crippen LogP contribution in [0.1, 0.15) is 43.7 Å². The van der Waals surface area contributed by atoms with Crippen LogP contribution in [0.5, 0.6) is 0 Å². The molecular weight excluding hydrogens is 415 g/mol. The molecule has 4 heteroatoms. The lowest BCUT2D eigenvalue weighted by molar-refractivity contribution is 0.280. The molecule has 0 spiro atoms. The van der Waals surface area contributed by atoms with Crippen molar-refractivity contribution < 1.29 is 0 Å². The van der Waals surface area contributed by atoms with Crippen LogP contribution in [-0.4, -0.2) is 0 Å². The number of nitrogens with one attached hydrogen (secondary N) is 1. The number of hydrazine groups is 1. The van der Waals surface area contributed by atoms with Gasteiger partial charge < -0.3 is 0 Å². The Kier molecular flexibility index (Phi) is 4.51. The van der Waals surface area contributed by atoms with Crippen molar-refractivity contribution in [3.8, 4) is 0 Å². The molecule has 2 nitrogen and oxygen atoms in total. The van der Waals surface area contributed by atoms with Gasteiger partial charge >= 0.3 is 0 Å². The van der Waals surface area contributed by atoms with Gasteiger partial charge in [-0.15, -0.1) is 0 Å². The molecule has 3 N–H and O–H groups in total. The largest absolute Gasteiger partial charge is 0.271 e. The lowest BCUT2D eigenvalue weighted by Crippen LogP contribution is -2.31. The smallest absolute Gasteiger partial charge is 0.0474 e. The Bertz CT molecular complexity index is 465. The molecule has 0 aliphatic heterocycles. The molecule has 2 saturated carbocycles. The van der Waals surface area contributed by atoms with E-state index in [-0.39, 0.29) is 6.04 Å². The minimum absolute atomic E-state index is 0.272. The fourth-order valence-electron chi connectivity index (χ4n) is 4.03. The van der Waals surface area contributed by atoms with Gasteiger partial charge in [0.25, 0.3) is 0 Å². The Balaban J connectivity index is 1.75. The minimum atomic E-state index is 0.272. The quantitative estimate of drug-likeness (QED) is 0.419. The van der Waals surface area contributed by atoms with E-state index >= 15 is 0 Å². The highest BCUT2D eigenvalue weighted by Crippen LogP contribution is 2.51. The molecule has 2 aliphatic carbocycles. The summed E-state index contributed by atoms with van der Waals surface area (Å²) in [7, 11) is 0. The summed E-state index contributed by atoms with van der Waals surface area (Å²) in [6.45, 7) is 0. The van der Waals surface area contributed by atoms with E-state index in [1.165, 1.54) is 45.7 Å². The predicted molar refractivity (Wildman–Crippen MR) is 90.5 cm³/mol. The first kappa shape index (κ1) is 14.3. The van der Waals surface area contributed by atoms with Crippen LogP contribution in [0.15, 0.2) is 22.7 Å². The van der Waals surface area contributed by atoms with Crippen molar-refractivity contribution in [2.45, 2.75) is 38.1 Å². The Morgan fingerprint density at radius 2 is 2.21 bits per heavy atom. The first-order valence-corrected chi connectivity index (χ1v) is 8.95. The van der Waals surface area contributed by atoms with E-state index in [9.17, 15) is 0 Å². The Morgan fingerprint density at radius 1 is 1.37 bits per heavy atom. The topological polar surface area (TPSA) is 38.0 Å². The summed E-state index contributed by atoms with van der Waals surface area (Å²) >= 11 is 6.03. The maximum Gasteiger partial charge on any atom is 0.0474 e. The van der Waals surface area contributed by atoms with Crippen LogP contribution in [0.2, 0.25) is 0 Å². The summed E-state index contributed by atoms with van der Waals surface area (Å²) in [4.78, 5) is 0. The molecule has 0 amide bonds. The van der Waals surface area contributed by atoms with Gasteiger partial charge in [-0.2, -0.15) is 0 Å². The van der Waals surface area contributed by atoms with E-state index in [0.29, 0.717) is 0 Å². The average molecular weight is 435 g/mol. The molecule has 0 aromatic heterocycles. The van der Waals surface area contributed by atoms with Gasteiger partial charge in [0.1, 0.15) is 0 Å². The molecule has 3 rings (SSSR count). The number of hydrogen-bond donors (Lipinski definition) is 2. The van der Waals surface area contributed by atoms with Crippen molar-refractivity contribution in [1.29, 1.82) is 0 Å². The highest BCUT2D eigenvalue weighted by molar-refractivity contribution is 14.1. The fraction of sp³-hybridized carbons (Fsp3) is 0.600. The monoisotopic (exact) mass is 434 g/mol. The van der Waals surface area contributed by atoms with Crippen LogP contribution >= 0.6 is 38.5 Å². The van der Waals surface area contributed by atoms with Gasteiger partial charge in [0.2, 0.25) is 0 Å². The van der Waals surface area contributed by atoms with Crippen LogP contribution in [0.3, 0.4) is 0 Å². The van der Waals surface area contributed by atoms with Crippen molar-refractivity contribution in [3.05, 3.63) is 31.8 Å². The summed E-state index contributed by atoms with van der Waals surface area (Å²) in [5.74, 6) is 8.66. The summed E-state index contributed by atoms with van der Waals surface area (Å²) in [5.41, 5.74) is 4.34. The number of fused-ring (bicyclic) bond motifs is 2. The number of rotatable bonds is 4. The third-order valence-electron chi connectivity index (χ3n) is 4.96. The van der Waals surface area contributed by atoms with E-state index in [2.05, 4.69) is 62.1 Å². The third kappa shape index (κ3) is 3.01. The maximum absolute atomic E-state index is 5.83. The second-order valence-electron chi connectivity index (χ2n) is 6.06. The molecule has 0 saturated heterocycles. The molecule has 104 valence electrons. The molecule has 4 atom stereocenters. The lowest BCUT2D eigenvalue weighted by atomic mass is 9.83. The zero-order valence-corrected chi connectivity index (χ0v) is 14.7. The van der Waals surface area contributed by atoms with Gasteiger partial charge in [-0.1, -0.05) is 22.4 Å². The number of hydrogen-bond acceptors (Lipinski definition) is 2. The van der Waals surface area contributed by atoms with Gasteiger partial charge in [0.15, 0.2) is 0 Å². The Hall–Kier alpha value is 0.350. The normalized spacial score (nSPS) is 30.8. The molecule has 2 aliphatic rings. The Labute approximate surface area is 137 Å². The number of halogens is 2. The molecule has 19 heavy (non-hydrogen) atoms. The molecule has 1 aromatic rings. The summed E-state index contributed by atoms with van der Waals surface area (Å²) < 4.78 is 2.43. The van der Waals surface area contributed by atoms with E-state index in [1.807, 2.05) is 0 Å². The molecule has 0 radical (unpaired) electrons. The molecule has 4 unspecified atom stereocenters. The number of nitrogens with two attached hydrogens (primary N) is 1. The predicted octanol–water partition coefficient (Wildman–Crippen LogP) is 4.38. The molecule has 0 heterocycles. The van der Waals surface area contributed by atoms with E-state index in [1.54, 1.807) is 0 Å². The van der Waals surface area contributed by atoms with Crippen molar-refractivity contribution in [3.63, 3.8) is 0 Å². The second kappa shape index (κ2) is 6.00. The highest BCUT2D eigenvalue weighted by atomic mass is 127. The third-order valence-corrected chi connectivity index (χ3v) is 6.35. The van der Waals surface area contributed by atoms with Crippen LogP contribution < -0.4 is 11.3 Å². The van der Waals surface area contributed by atoms with Crippen molar-refractivity contribution in [1.82, 2.24) is 5.43 Å². The first-order chi connectivity index (χ1) is 9.17. The molecular formula is C15H20BrIN2. The van der Waals surface area contributed by atoms with Crippen LogP contribution in [0, 0.1) is 21.3 Å². The van der Waals surface area contributed by atoms with Crippen LogP contribution in [0.4, 0.5) is 0 Å². The average Bonchev–Trinajstić information content (AvgIpc) is 3.01. The highest BCUT2D eigenvalue weighted by Gasteiger charge is 2.40. The van der Waals surface area contributed by atoms with Gasteiger partial charge in [-0.05, 0) is 89.8 Å².